The number of aliphatic hydroxyl groups is 1. The number of hydrogen-bond acceptors (Lipinski definition) is 6. The third-order valence-corrected chi connectivity index (χ3v) is 5.89. The van der Waals surface area contributed by atoms with Crippen LogP contribution < -0.4 is 0 Å². The van der Waals surface area contributed by atoms with E-state index in [1.165, 1.54) is 11.8 Å². The SMILES string of the molecule is CCOP(=O)(OCC)C1OCC(CO)S1. The van der Waals surface area contributed by atoms with Gasteiger partial charge >= 0.3 is 7.60 Å². The average Bonchev–Trinajstić information content (AvgIpc) is 2.67. The molecule has 2 unspecified atom stereocenters. The van der Waals surface area contributed by atoms with Crippen molar-refractivity contribution in [2.75, 3.05) is 26.4 Å². The Morgan fingerprint density at radius 2 is 2.07 bits per heavy atom. The van der Waals surface area contributed by atoms with Gasteiger partial charge in [0.1, 0.15) is 0 Å². The lowest BCUT2D eigenvalue weighted by atomic mass is 10.5. The summed E-state index contributed by atoms with van der Waals surface area (Å²) < 4.78 is 27.8. The molecule has 1 rings (SSSR count). The summed E-state index contributed by atoms with van der Waals surface area (Å²) >= 11 is 1.31. The summed E-state index contributed by atoms with van der Waals surface area (Å²) in [6.07, 6.45) is 0. The molecule has 0 bridgehead atoms. The van der Waals surface area contributed by atoms with E-state index in [0.29, 0.717) is 19.8 Å². The van der Waals surface area contributed by atoms with E-state index in [-0.39, 0.29) is 11.9 Å². The lowest BCUT2D eigenvalue weighted by Crippen LogP contribution is -2.09. The first-order valence-electron chi connectivity index (χ1n) is 4.93. The van der Waals surface area contributed by atoms with E-state index in [1.54, 1.807) is 13.8 Å². The summed E-state index contributed by atoms with van der Waals surface area (Å²) in [6, 6.07) is 0. The van der Waals surface area contributed by atoms with Crippen LogP contribution in [0.15, 0.2) is 0 Å². The standard InChI is InChI=1S/C8H17O5PS/c1-3-12-14(10,13-4-2)8-11-6-7(5-9)15-8/h7-9H,3-6H2,1-2H3. The van der Waals surface area contributed by atoms with E-state index in [0.717, 1.165) is 0 Å². The first kappa shape index (κ1) is 13.5. The number of ether oxygens (including phenoxy) is 1. The molecule has 7 heteroatoms. The first-order chi connectivity index (χ1) is 7.16. The Hall–Kier alpha value is 0.420. The zero-order chi connectivity index (χ0) is 11.3. The molecule has 0 spiro atoms. The molecule has 5 nitrogen and oxygen atoms in total. The molecule has 0 aromatic rings. The van der Waals surface area contributed by atoms with Crippen molar-refractivity contribution in [3.05, 3.63) is 0 Å². The van der Waals surface area contributed by atoms with Crippen LogP contribution in [0.4, 0.5) is 0 Å². The van der Waals surface area contributed by atoms with Crippen LogP contribution in [0.3, 0.4) is 0 Å². The zero-order valence-electron chi connectivity index (χ0n) is 8.92. The Morgan fingerprint density at radius 1 is 1.47 bits per heavy atom. The van der Waals surface area contributed by atoms with Crippen molar-refractivity contribution in [3.8, 4) is 0 Å². The van der Waals surface area contributed by atoms with Gasteiger partial charge in [0.15, 0.2) is 0 Å². The molecular weight excluding hydrogens is 239 g/mol. The van der Waals surface area contributed by atoms with Crippen molar-refractivity contribution >= 4 is 19.4 Å². The van der Waals surface area contributed by atoms with Gasteiger partial charge in [-0.25, -0.2) is 0 Å². The van der Waals surface area contributed by atoms with E-state index in [4.69, 9.17) is 18.9 Å². The maximum absolute atomic E-state index is 12.2. The van der Waals surface area contributed by atoms with Gasteiger partial charge in [0.2, 0.25) is 5.18 Å². The van der Waals surface area contributed by atoms with Gasteiger partial charge in [-0.2, -0.15) is 0 Å². The molecule has 0 saturated carbocycles. The van der Waals surface area contributed by atoms with E-state index in [1.807, 2.05) is 0 Å². The summed E-state index contributed by atoms with van der Waals surface area (Å²) in [7, 11) is -3.19. The fraction of sp³-hybridized carbons (Fsp3) is 1.00. The number of thioether (sulfide) groups is 1. The second-order valence-electron chi connectivity index (χ2n) is 2.96. The van der Waals surface area contributed by atoms with Crippen LogP contribution in [0, 0.1) is 0 Å². The molecule has 1 saturated heterocycles. The molecule has 15 heavy (non-hydrogen) atoms. The quantitative estimate of drug-likeness (QED) is 0.729. The molecule has 1 aliphatic rings. The van der Waals surface area contributed by atoms with Crippen LogP contribution >= 0.6 is 19.4 Å². The Morgan fingerprint density at radius 3 is 2.47 bits per heavy atom. The predicted octanol–water partition coefficient (Wildman–Crippen LogP) is 1.66. The minimum Gasteiger partial charge on any atom is -0.395 e. The van der Waals surface area contributed by atoms with Gasteiger partial charge in [0, 0.05) is 0 Å². The minimum atomic E-state index is -3.19. The molecule has 1 N–H and O–H groups in total. The highest BCUT2D eigenvalue weighted by Crippen LogP contribution is 2.60. The van der Waals surface area contributed by atoms with Crippen LogP contribution in [0.1, 0.15) is 13.8 Å². The second-order valence-corrected chi connectivity index (χ2v) is 6.74. The highest BCUT2D eigenvalue weighted by Gasteiger charge is 2.42. The Kier molecular flexibility index (Phi) is 5.60. The summed E-state index contributed by atoms with van der Waals surface area (Å²) in [5.41, 5.74) is 0. The van der Waals surface area contributed by atoms with Gasteiger partial charge < -0.3 is 18.9 Å². The van der Waals surface area contributed by atoms with E-state index < -0.39 is 12.8 Å². The summed E-state index contributed by atoms with van der Waals surface area (Å²) in [5.74, 6) is 0. The first-order valence-corrected chi connectivity index (χ1v) is 7.48. The van der Waals surface area contributed by atoms with Crippen LogP contribution in [0.5, 0.6) is 0 Å². The van der Waals surface area contributed by atoms with Crippen LogP contribution in [-0.2, 0) is 18.3 Å². The number of hydrogen-bond donors (Lipinski definition) is 1. The second kappa shape index (κ2) is 6.23. The third-order valence-electron chi connectivity index (χ3n) is 1.81. The zero-order valence-corrected chi connectivity index (χ0v) is 10.6. The molecule has 1 heterocycles. The lowest BCUT2D eigenvalue weighted by molar-refractivity contribution is 0.122. The molecule has 0 radical (unpaired) electrons. The summed E-state index contributed by atoms with van der Waals surface area (Å²) in [6.45, 7) is 4.56. The van der Waals surface area contributed by atoms with Crippen molar-refractivity contribution in [3.63, 3.8) is 0 Å². The van der Waals surface area contributed by atoms with Crippen LogP contribution in [-0.4, -0.2) is 42.0 Å². The Balaban J connectivity index is 2.61. The van der Waals surface area contributed by atoms with E-state index >= 15 is 0 Å². The van der Waals surface area contributed by atoms with Gasteiger partial charge in [0.25, 0.3) is 0 Å². The molecule has 0 aromatic heterocycles. The fourth-order valence-corrected chi connectivity index (χ4v) is 4.73. The molecule has 2 atom stereocenters. The highest BCUT2D eigenvalue weighted by molar-refractivity contribution is 8.06. The topological polar surface area (TPSA) is 65.0 Å². The minimum absolute atomic E-state index is 0.0133. The molecule has 90 valence electrons. The van der Waals surface area contributed by atoms with Crippen molar-refractivity contribution in [1.82, 2.24) is 0 Å². The van der Waals surface area contributed by atoms with Gasteiger partial charge in [-0.05, 0) is 13.8 Å². The normalized spacial score (nSPS) is 27.1. The van der Waals surface area contributed by atoms with Gasteiger partial charge in [-0.1, -0.05) is 0 Å². The van der Waals surface area contributed by atoms with Gasteiger partial charge in [0.05, 0.1) is 31.7 Å². The molecule has 1 aliphatic heterocycles. The Bertz CT molecular complexity index is 227. The molecule has 0 aliphatic carbocycles. The maximum atomic E-state index is 12.2. The van der Waals surface area contributed by atoms with E-state index in [2.05, 4.69) is 0 Å². The summed E-state index contributed by atoms with van der Waals surface area (Å²) in [4.78, 5) is 0. The van der Waals surface area contributed by atoms with Crippen molar-refractivity contribution in [2.24, 2.45) is 0 Å². The lowest BCUT2D eigenvalue weighted by Gasteiger charge is -2.21. The highest BCUT2D eigenvalue weighted by atomic mass is 32.2. The Labute approximate surface area is 94.0 Å². The molecule has 0 amide bonds. The fourth-order valence-electron chi connectivity index (χ4n) is 1.21. The monoisotopic (exact) mass is 256 g/mol. The van der Waals surface area contributed by atoms with Crippen molar-refractivity contribution < 1.29 is 23.5 Å². The number of aliphatic hydroxyl groups excluding tert-OH is 1. The van der Waals surface area contributed by atoms with Crippen LogP contribution in [0.25, 0.3) is 0 Å². The van der Waals surface area contributed by atoms with Gasteiger partial charge in [-0.3, -0.25) is 4.57 Å². The number of rotatable bonds is 6. The van der Waals surface area contributed by atoms with Crippen molar-refractivity contribution in [2.45, 2.75) is 24.3 Å². The predicted molar refractivity (Wildman–Crippen MR) is 59.1 cm³/mol. The summed E-state index contributed by atoms with van der Waals surface area (Å²) in [5, 5.41) is 8.30. The smallest absolute Gasteiger partial charge is 0.369 e. The molecular formula is C8H17O5PS. The van der Waals surface area contributed by atoms with E-state index in [9.17, 15) is 4.57 Å². The maximum Gasteiger partial charge on any atom is 0.369 e. The van der Waals surface area contributed by atoms with Crippen LogP contribution in [0.2, 0.25) is 0 Å². The van der Waals surface area contributed by atoms with Gasteiger partial charge in [-0.15, -0.1) is 11.8 Å². The van der Waals surface area contributed by atoms with Crippen molar-refractivity contribution in [1.29, 1.82) is 0 Å². The third kappa shape index (κ3) is 3.44. The largest absolute Gasteiger partial charge is 0.395 e. The molecule has 1 fully saturated rings. The molecule has 0 aromatic carbocycles. The average molecular weight is 256 g/mol.